The van der Waals surface area contributed by atoms with E-state index < -0.39 is 0 Å². The van der Waals surface area contributed by atoms with Crippen LogP contribution in [0.2, 0.25) is 0 Å². The predicted molar refractivity (Wildman–Crippen MR) is 101 cm³/mol. The van der Waals surface area contributed by atoms with E-state index in [1.807, 2.05) is 6.07 Å². The van der Waals surface area contributed by atoms with E-state index in [2.05, 4.69) is 37.6 Å². The average Bonchev–Trinajstić information content (AvgIpc) is 2.89. The zero-order valence-electron chi connectivity index (χ0n) is 14.0. The molecule has 1 heterocycles. The van der Waals surface area contributed by atoms with Crippen LogP contribution in [-0.2, 0) is 16.1 Å². The number of rotatable bonds is 5. The summed E-state index contributed by atoms with van der Waals surface area (Å²) in [5.74, 6) is 0.532. The molecule has 0 N–H and O–H groups in total. The second kappa shape index (κ2) is 8.41. The van der Waals surface area contributed by atoms with Gasteiger partial charge in [0, 0.05) is 24.5 Å². The molecule has 0 radical (unpaired) electrons. The molecule has 1 aliphatic rings. The molecule has 0 spiro atoms. The molecule has 6 heteroatoms. The molecule has 0 atom stereocenters. The summed E-state index contributed by atoms with van der Waals surface area (Å²) in [5, 5.41) is 0. The summed E-state index contributed by atoms with van der Waals surface area (Å²) in [4.78, 5) is 17.7. The largest absolute Gasteiger partial charge is 0.383 e. The standard InChI is InChI=1S/C18H23BrN2O2S/c1-23-10-9-21-15-8-7-14(19)12-16(15)24-18(21)20-17(22)11-13-5-3-2-4-6-13/h7-8,12-13H,2-6,9-11H2,1H3. The first-order valence-corrected chi connectivity index (χ1v) is 10.1. The maximum atomic E-state index is 12.4. The fourth-order valence-corrected chi connectivity index (χ4v) is 4.95. The Balaban J connectivity index is 1.89. The van der Waals surface area contributed by atoms with Crippen molar-refractivity contribution in [1.82, 2.24) is 4.57 Å². The van der Waals surface area contributed by atoms with Crippen molar-refractivity contribution >= 4 is 43.4 Å². The molecular formula is C18H23BrN2O2S. The molecule has 1 aromatic carbocycles. The van der Waals surface area contributed by atoms with E-state index >= 15 is 0 Å². The van der Waals surface area contributed by atoms with Crippen LogP contribution >= 0.6 is 27.3 Å². The molecule has 1 saturated carbocycles. The zero-order valence-corrected chi connectivity index (χ0v) is 16.4. The van der Waals surface area contributed by atoms with Gasteiger partial charge in [0.05, 0.1) is 16.8 Å². The Morgan fingerprint density at radius 1 is 1.38 bits per heavy atom. The number of benzene rings is 1. The number of amides is 1. The van der Waals surface area contributed by atoms with Crippen molar-refractivity contribution in [2.24, 2.45) is 10.9 Å². The number of fused-ring (bicyclic) bond motifs is 1. The minimum atomic E-state index is 0.0127. The van der Waals surface area contributed by atoms with E-state index in [1.165, 1.54) is 32.1 Å². The third kappa shape index (κ3) is 4.35. The summed E-state index contributed by atoms with van der Waals surface area (Å²) in [5.41, 5.74) is 1.10. The number of aromatic nitrogens is 1. The van der Waals surface area contributed by atoms with Crippen molar-refractivity contribution in [3.8, 4) is 0 Å². The molecule has 0 aliphatic heterocycles. The lowest BCUT2D eigenvalue weighted by Gasteiger charge is -2.19. The Morgan fingerprint density at radius 2 is 2.17 bits per heavy atom. The van der Waals surface area contributed by atoms with Crippen LogP contribution in [0.5, 0.6) is 0 Å². The Morgan fingerprint density at radius 3 is 2.92 bits per heavy atom. The van der Waals surface area contributed by atoms with Gasteiger partial charge in [0.1, 0.15) is 0 Å². The van der Waals surface area contributed by atoms with Gasteiger partial charge in [-0.3, -0.25) is 4.79 Å². The highest BCUT2D eigenvalue weighted by atomic mass is 79.9. The first-order valence-electron chi connectivity index (χ1n) is 8.53. The molecular weight excluding hydrogens is 388 g/mol. The van der Waals surface area contributed by atoms with Gasteiger partial charge in [0.15, 0.2) is 4.80 Å². The molecule has 0 unspecified atom stereocenters. The Kier molecular flexibility index (Phi) is 6.25. The van der Waals surface area contributed by atoms with Gasteiger partial charge in [-0.15, -0.1) is 0 Å². The van der Waals surface area contributed by atoms with Crippen molar-refractivity contribution < 1.29 is 9.53 Å². The van der Waals surface area contributed by atoms with E-state index in [0.717, 1.165) is 19.5 Å². The topological polar surface area (TPSA) is 43.6 Å². The van der Waals surface area contributed by atoms with Crippen molar-refractivity contribution in [3.05, 3.63) is 27.5 Å². The summed E-state index contributed by atoms with van der Waals surface area (Å²) >= 11 is 5.08. The molecule has 1 amide bonds. The van der Waals surface area contributed by atoms with Crippen LogP contribution < -0.4 is 4.80 Å². The van der Waals surface area contributed by atoms with Gasteiger partial charge in [-0.05, 0) is 37.0 Å². The average molecular weight is 411 g/mol. The highest BCUT2D eigenvalue weighted by Gasteiger charge is 2.17. The minimum absolute atomic E-state index is 0.0127. The number of hydrogen-bond donors (Lipinski definition) is 0. The second-order valence-corrected chi connectivity index (χ2v) is 8.28. The molecule has 0 bridgehead atoms. The van der Waals surface area contributed by atoms with Crippen molar-refractivity contribution in [1.29, 1.82) is 0 Å². The molecule has 1 aliphatic carbocycles. The van der Waals surface area contributed by atoms with E-state index in [0.29, 0.717) is 25.5 Å². The van der Waals surface area contributed by atoms with Gasteiger partial charge in [0.25, 0.3) is 0 Å². The molecule has 1 aromatic heterocycles. The lowest BCUT2D eigenvalue weighted by molar-refractivity contribution is -0.119. The second-order valence-electron chi connectivity index (χ2n) is 6.35. The van der Waals surface area contributed by atoms with Crippen molar-refractivity contribution in [3.63, 3.8) is 0 Å². The molecule has 3 rings (SSSR count). The van der Waals surface area contributed by atoms with Crippen LogP contribution in [0.4, 0.5) is 0 Å². The van der Waals surface area contributed by atoms with E-state index in [1.54, 1.807) is 18.4 Å². The highest BCUT2D eigenvalue weighted by Crippen LogP contribution is 2.26. The summed E-state index contributed by atoms with van der Waals surface area (Å²) in [7, 11) is 1.69. The number of ether oxygens (including phenoxy) is 1. The monoisotopic (exact) mass is 410 g/mol. The van der Waals surface area contributed by atoms with Gasteiger partial charge >= 0.3 is 0 Å². The molecule has 4 nitrogen and oxygen atoms in total. The molecule has 1 fully saturated rings. The summed E-state index contributed by atoms with van der Waals surface area (Å²) in [6.45, 7) is 1.31. The number of hydrogen-bond acceptors (Lipinski definition) is 3. The molecule has 2 aromatic rings. The summed E-state index contributed by atoms with van der Waals surface area (Å²) in [6.07, 6.45) is 6.74. The number of carbonyl (C=O) groups is 1. The normalized spacial score (nSPS) is 16.8. The maximum Gasteiger partial charge on any atom is 0.248 e. The number of halogens is 1. The van der Waals surface area contributed by atoms with E-state index in [-0.39, 0.29) is 5.91 Å². The van der Waals surface area contributed by atoms with Crippen LogP contribution in [0.1, 0.15) is 38.5 Å². The van der Waals surface area contributed by atoms with Crippen molar-refractivity contribution in [2.75, 3.05) is 13.7 Å². The number of thiazole rings is 1. The van der Waals surface area contributed by atoms with Gasteiger partial charge < -0.3 is 9.30 Å². The van der Waals surface area contributed by atoms with E-state index in [9.17, 15) is 4.79 Å². The van der Waals surface area contributed by atoms with Crippen LogP contribution in [-0.4, -0.2) is 24.2 Å². The lowest BCUT2D eigenvalue weighted by atomic mass is 9.87. The predicted octanol–water partition coefficient (Wildman–Crippen LogP) is 4.51. The molecule has 0 saturated heterocycles. The smallest absolute Gasteiger partial charge is 0.248 e. The number of carbonyl (C=O) groups excluding carboxylic acids is 1. The molecule has 24 heavy (non-hydrogen) atoms. The fraction of sp³-hybridized carbons (Fsp3) is 0.556. The minimum Gasteiger partial charge on any atom is -0.383 e. The summed E-state index contributed by atoms with van der Waals surface area (Å²) in [6, 6.07) is 6.16. The third-order valence-corrected chi connectivity index (χ3v) is 6.11. The maximum absolute atomic E-state index is 12.4. The Labute approximate surface area is 154 Å². The van der Waals surface area contributed by atoms with Gasteiger partial charge in [-0.25, -0.2) is 0 Å². The van der Waals surface area contributed by atoms with Crippen LogP contribution in [0.3, 0.4) is 0 Å². The first kappa shape index (κ1) is 17.8. The zero-order chi connectivity index (χ0) is 16.9. The summed E-state index contributed by atoms with van der Waals surface area (Å²) < 4.78 is 9.48. The SMILES string of the molecule is COCCn1c(=NC(=O)CC2CCCCC2)sc2cc(Br)ccc21. The van der Waals surface area contributed by atoms with Crippen LogP contribution in [0.15, 0.2) is 27.7 Å². The van der Waals surface area contributed by atoms with Gasteiger partial charge in [-0.2, -0.15) is 4.99 Å². The molecule has 130 valence electrons. The quantitative estimate of drug-likeness (QED) is 0.727. The number of methoxy groups -OCH3 is 1. The van der Waals surface area contributed by atoms with Gasteiger partial charge in [-0.1, -0.05) is 46.5 Å². The van der Waals surface area contributed by atoms with Crippen LogP contribution in [0.25, 0.3) is 10.2 Å². The third-order valence-electron chi connectivity index (χ3n) is 4.57. The van der Waals surface area contributed by atoms with Crippen molar-refractivity contribution in [2.45, 2.75) is 45.1 Å². The van der Waals surface area contributed by atoms with Gasteiger partial charge in [0.2, 0.25) is 5.91 Å². The highest BCUT2D eigenvalue weighted by molar-refractivity contribution is 9.10. The Hall–Kier alpha value is -0.980. The Bertz CT molecular complexity index is 775. The van der Waals surface area contributed by atoms with E-state index in [4.69, 9.17) is 4.74 Å². The lowest BCUT2D eigenvalue weighted by Crippen LogP contribution is -2.20. The number of nitrogens with zero attached hydrogens (tertiary/aromatic N) is 2. The van der Waals surface area contributed by atoms with Crippen LogP contribution in [0, 0.1) is 5.92 Å². The first-order chi connectivity index (χ1) is 11.7. The fourth-order valence-electron chi connectivity index (χ4n) is 3.32.